The number of aromatic nitrogens is 3. The Balaban J connectivity index is 0.00000384. The van der Waals surface area contributed by atoms with E-state index in [0.717, 1.165) is 45.2 Å². The molecule has 0 saturated heterocycles. The monoisotopic (exact) mass is 911 g/mol. The van der Waals surface area contributed by atoms with E-state index < -0.39 is 0 Å². The molecule has 0 bridgehead atoms. The van der Waals surface area contributed by atoms with Crippen molar-refractivity contribution >= 4 is 54.9 Å². The Kier molecular flexibility index (Phi) is 9.30. The van der Waals surface area contributed by atoms with Crippen LogP contribution >= 0.6 is 0 Å². The molecule has 0 amide bonds. The molecule has 1 N–H and O–H groups in total. The predicted molar refractivity (Wildman–Crippen MR) is 226 cm³/mol. The smallest absolute Gasteiger partial charge is 0.503 e. The number of hydrogen-bond donors (Lipinski definition) is 1. The second-order valence-electron chi connectivity index (χ2n) is 15.8. The van der Waals surface area contributed by atoms with Crippen molar-refractivity contribution in [1.82, 2.24) is 19.3 Å². The summed E-state index contributed by atoms with van der Waals surface area (Å²) in [6.45, 7) is 0.786. The quantitative estimate of drug-likeness (QED) is 0.134. The number of pyridine rings is 1. The van der Waals surface area contributed by atoms with Crippen LogP contribution < -0.4 is 10.1 Å². The van der Waals surface area contributed by atoms with E-state index in [-0.39, 0.29) is 21.1 Å². The first kappa shape index (κ1) is 35.3. The first-order valence-electron chi connectivity index (χ1n) is 20.4. The molecule has 56 heavy (non-hydrogen) atoms. The third kappa shape index (κ3) is 5.89. The SMILES string of the molecule is [Pt+2].[c-]1c(Oc2[c-]c3c(cc2)c2ccccc2n3C2=CC=CCN2)ccc2c1c1ncc(-c3c(C4CCCCC4)cccc3C3CCCCC3)n1c1ccccc21. The van der Waals surface area contributed by atoms with Gasteiger partial charge in [0.15, 0.2) is 0 Å². The molecule has 0 radical (unpaired) electrons. The van der Waals surface area contributed by atoms with Crippen LogP contribution in [0.5, 0.6) is 11.5 Å². The van der Waals surface area contributed by atoms with Gasteiger partial charge in [-0.1, -0.05) is 128 Å². The zero-order valence-corrected chi connectivity index (χ0v) is 33.7. The van der Waals surface area contributed by atoms with Crippen LogP contribution in [-0.4, -0.2) is 20.5 Å². The second-order valence-corrected chi connectivity index (χ2v) is 15.8. The Labute approximate surface area is 342 Å². The van der Waals surface area contributed by atoms with Crippen molar-refractivity contribution in [3.05, 3.63) is 139 Å². The largest absolute Gasteiger partial charge is 2.00 e. The van der Waals surface area contributed by atoms with E-state index in [1.54, 1.807) is 0 Å². The van der Waals surface area contributed by atoms with Gasteiger partial charge in [-0.3, -0.25) is 4.98 Å². The van der Waals surface area contributed by atoms with Gasteiger partial charge in [0.1, 0.15) is 5.82 Å². The van der Waals surface area contributed by atoms with E-state index >= 15 is 0 Å². The van der Waals surface area contributed by atoms with Gasteiger partial charge in [-0.2, -0.15) is 6.07 Å². The molecule has 280 valence electrons. The summed E-state index contributed by atoms with van der Waals surface area (Å²) < 4.78 is 11.3. The van der Waals surface area contributed by atoms with Crippen LogP contribution in [0.15, 0.2) is 115 Å². The zero-order chi connectivity index (χ0) is 36.3. The topological polar surface area (TPSA) is 43.5 Å². The molecule has 3 aromatic heterocycles. The maximum atomic E-state index is 6.67. The maximum absolute atomic E-state index is 6.67. The first-order chi connectivity index (χ1) is 27.3. The van der Waals surface area contributed by atoms with E-state index in [9.17, 15) is 0 Å². The second kappa shape index (κ2) is 14.8. The standard InChI is InChI=1S/C50H44N4O.Pt/c1-3-14-33(15-4-1)37-20-13-21-38(34-16-5-2-6-17-34)49(37)47-32-52-50-43-30-35(25-27-39(43)40-18-7-10-23-45(40)54(47)50)55-36-26-28-42-41-19-8-9-22-44(41)53(46(42)31-36)48-24-11-12-29-51-48;/h7-13,18-28,32-34,51H,1-6,14-17,29H2;/q-2;+2. The van der Waals surface area contributed by atoms with Crippen LogP contribution in [0.3, 0.4) is 0 Å². The van der Waals surface area contributed by atoms with Gasteiger partial charge in [-0.25, -0.2) is 0 Å². The van der Waals surface area contributed by atoms with Crippen LogP contribution in [0.2, 0.25) is 0 Å². The Morgan fingerprint density at radius 2 is 1.29 bits per heavy atom. The molecule has 0 spiro atoms. The summed E-state index contributed by atoms with van der Waals surface area (Å²) in [5.74, 6) is 3.50. The van der Waals surface area contributed by atoms with Crippen LogP contribution in [0, 0.1) is 12.1 Å². The minimum atomic E-state index is 0. The van der Waals surface area contributed by atoms with Crippen LogP contribution in [0.4, 0.5) is 0 Å². The van der Waals surface area contributed by atoms with Gasteiger partial charge in [0.05, 0.1) is 11.3 Å². The zero-order valence-electron chi connectivity index (χ0n) is 31.5. The molecule has 8 aromatic rings. The van der Waals surface area contributed by atoms with Crippen molar-refractivity contribution in [1.29, 1.82) is 0 Å². The summed E-state index contributed by atoms with van der Waals surface area (Å²) in [5.41, 5.74) is 9.90. The fourth-order valence-electron chi connectivity index (χ4n) is 10.1. The molecule has 11 rings (SSSR count). The van der Waals surface area contributed by atoms with Gasteiger partial charge in [-0.15, -0.1) is 29.7 Å². The third-order valence-electron chi connectivity index (χ3n) is 12.6. The number of benzene rings is 5. The average molecular weight is 912 g/mol. The number of fused-ring (bicyclic) bond motifs is 9. The van der Waals surface area contributed by atoms with Crippen molar-refractivity contribution < 1.29 is 25.8 Å². The molecular formula is C50H44N4OPt. The van der Waals surface area contributed by atoms with Gasteiger partial charge in [0, 0.05) is 40.8 Å². The molecule has 0 unspecified atom stereocenters. The molecular weight excluding hydrogens is 868 g/mol. The van der Waals surface area contributed by atoms with Gasteiger partial charge in [0.2, 0.25) is 0 Å². The fourth-order valence-corrected chi connectivity index (χ4v) is 10.1. The maximum Gasteiger partial charge on any atom is 2.00 e. The van der Waals surface area contributed by atoms with Crippen LogP contribution in [-0.2, 0) is 21.1 Å². The number of ether oxygens (including phenoxy) is 1. The average Bonchev–Trinajstić information content (AvgIpc) is 3.84. The van der Waals surface area contributed by atoms with Crippen LogP contribution in [0.25, 0.3) is 66.2 Å². The fraction of sp³-hybridized carbons (Fsp3) is 0.260. The van der Waals surface area contributed by atoms with Gasteiger partial charge in [-0.05, 0) is 77.6 Å². The Hall–Kier alpha value is -5.12. The number of hydrogen-bond acceptors (Lipinski definition) is 3. The Morgan fingerprint density at radius 3 is 1.98 bits per heavy atom. The molecule has 2 aliphatic carbocycles. The summed E-state index contributed by atoms with van der Waals surface area (Å²) in [5, 5.41) is 9.17. The summed E-state index contributed by atoms with van der Waals surface area (Å²) in [7, 11) is 0. The normalized spacial score (nSPS) is 16.8. The van der Waals surface area contributed by atoms with Crippen molar-refractivity contribution in [3.63, 3.8) is 0 Å². The first-order valence-corrected chi connectivity index (χ1v) is 20.4. The van der Waals surface area contributed by atoms with E-state index in [4.69, 9.17) is 9.72 Å². The number of dihydropyridines is 1. The van der Waals surface area contributed by atoms with E-state index in [0.29, 0.717) is 23.3 Å². The van der Waals surface area contributed by atoms with Gasteiger partial charge >= 0.3 is 21.1 Å². The summed E-state index contributed by atoms with van der Waals surface area (Å²) in [6, 6.07) is 40.3. The number of nitrogens with zero attached hydrogens (tertiary/aromatic N) is 3. The molecule has 3 aliphatic rings. The number of imidazole rings is 1. The van der Waals surface area contributed by atoms with E-state index in [2.05, 4.69) is 130 Å². The van der Waals surface area contributed by atoms with Gasteiger partial charge in [0.25, 0.3) is 0 Å². The molecule has 2 saturated carbocycles. The molecule has 6 heteroatoms. The Morgan fingerprint density at radius 1 is 0.643 bits per heavy atom. The molecule has 0 atom stereocenters. The minimum absolute atomic E-state index is 0. The van der Waals surface area contributed by atoms with Crippen LogP contribution in [0.1, 0.15) is 87.2 Å². The number of para-hydroxylation sites is 2. The van der Waals surface area contributed by atoms with Crippen molar-refractivity contribution in [3.8, 4) is 22.8 Å². The van der Waals surface area contributed by atoms with Crippen molar-refractivity contribution in [2.45, 2.75) is 76.0 Å². The van der Waals surface area contributed by atoms with E-state index in [1.807, 2.05) is 12.1 Å². The van der Waals surface area contributed by atoms with Gasteiger partial charge < -0.3 is 19.0 Å². The summed E-state index contributed by atoms with van der Waals surface area (Å²) >= 11 is 0. The minimum Gasteiger partial charge on any atom is -0.503 e. The molecule has 4 heterocycles. The third-order valence-corrected chi connectivity index (χ3v) is 12.6. The number of allylic oxidation sites excluding steroid dienone is 2. The predicted octanol–water partition coefficient (Wildman–Crippen LogP) is 12.9. The number of rotatable bonds is 6. The number of nitrogens with one attached hydrogen (secondary N) is 1. The molecule has 1 aliphatic heterocycles. The Bertz CT molecular complexity index is 2790. The van der Waals surface area contributed by atoms with Crippen molar-refractivity contribution in [2.24, 2.45) is 0 Å². The molecule has 5 aromatic carbocycles. The van der Waals surface area contributed by atoms with E-state index in [1.165, 1.54) is 103 Å². The molecule has 2 fully saturated rings. The summed E-state index contributed by atoms with van der Waals surface area (Å²) in [6.07, 6.45) is 21.5. The van der Waals surface area contributed by atoms with Crippen molar-refractivity contribution in [2.75, 3.05) is 6.54 Å². The summed E-state index contributed by atoms with van der Waals surface area (Å²) in [4.78, 5) is 5.27. The molecule has 5 nitrogen and oxygen atoms in total.